The van der Waals surface area contributed by atoms with Crippen LogP contribution in [0.5, 0.6) is 0 Å². The molecule has 5 heteroatoms. The Kier molecular flexibility index (Phi) is 4.45. The lowest BCUT2D eigenvalue weighted by molar-refractivity contribution is 0.664. The van der Waals surface area contributed by atoms with Crippen molar-refractivity contribution in [3.8, 4) is 28.7 Å². The average Bonchev–Trinajstić information content (AvgIpc) is 3.25. The summed E-state index contributed by atoms with van der Waals surface area (Å²) in [6.07, 6.45) is 0. The second kappa shape index (κ2) is 8.11. The summed E-state index contributed by atoms with van der Waals surface area (Å²) in [6.45, 7) is 0. The summed E-state index contributed by atoms with van der Waals surface area (Å²) in [6, 6.07) is 40.8. The van der Waals surface area contributed by atoms with Gasteiger partial charge >= 0.3 is 0 Å². The van der Waals surface area contributed by atoms with Crippen LogP contribution in [0.15, 0.2) is 126 Å². The molecule has 8 rings (SSSR count). The van der Waals surface area contributed by atoms with E-state index in [4.69, 9.17) is 19.4 Å². The monoisotopic (exact) mass is 488 g/mol. The Morgan fingerprint density at radius 3 is 1.71 bits per heavy atom. The molecule has 0 aliphatic rings. The quantitative estimate of drug-likeness (QED) is 0.251. The van der Waals surface area contributed by atoms with Gasteiger partial charge in [-0.3, -0.25) is 4.57 Å². The molecule has 0 fully saturated rings. The molecule has 8 aromatic rings. The van der Waals surface area contributed by atoms with Crippen LogP contribution in [0, 0.1) is 0 Å². The summed E-state index contributed by atoms with van der Waals surface area (Å²) in [4.78, 5) is 14.9. The SMILES string of the molecule is c1ccc(-c2nc(-c3ccccc3)nc(-n3c4cccc5oc6ccccc6c6cccc3c6c54)n2)cc1. The van der Waals surface area contributed by atoms with Gasteiger partial charge in [-0.1, -0.05) is 97.1 Å². The van der Waals surface area contributed by atoms with Gasteiger partial charge in [0.1, 0.15) is 11.2 Å². The highest BCUT2D eigenvalue weighted by atomic mass is 16.3. The minimum Gasteiger partial charge on any atom is -0.456 e. The van der Waals surface area contributed by atoms with Crippen LogP contribution in [0.25, 0.3) is 72.5 Å². The van der Waals surface area contributed by atoms with Crippen molar-refractivity contribution in [2.24, 2.45) is 0 Å². The van der Waals surface area contributed by atoms with Crippen molar-refractivity contribution in [3.63, 3.8) is 0 Å². The molecule has 0 amide bonds. The highest BCUT2D eigenvalue weighted by Crippen LogP contribution is 2.40. The van der Waals surface area contributed by atoms with Gasteiger partial charge in [-0.25, -0.2) is 4.98 Å². The molecule has 3 heterocycles. The number of aromatic nitrogens is 4. The first-order chi connectivity index (χ1) is 18.8. The number of rotatable bonds is 3. The Morgan fingerprint density at radius 2 is 1.00 bits per heavy atom. The normalized spacial score (nSPS) is 11.7. The maximum atomic E-state index is 6.49. The molecule has 0 saturated carbocycles. The predicted octanol–water partition coefficient (Wildman–Crippen LogP) is 8.20. The number of para-hydroxylation sites is 1. The third-order valence-electron chi connectivity index (χ3n) is 7.06. The van der Waals surface area contributed by atoms with Crippen LogP contribution in [-0.2, 0) is 0 Å². The summed E-state index contributed by atoms with van der Waals surface area (Å²) < 4.78 is 8.62. The third kappa shape index (κ3) is 3.09. The summed E-state index contributed by atoms with van der Waals surface area (Å²) in [5.41, 5.74) is 5.57. The fourth-order valence-electron chi connectivity index (χ4n) is 5.40. The number of fused-ring (bicyclic) bond motifs is 2. The topological polar surface area (TPSA) is 56.7 Å². The lowest BCUT2D eigenvalue weighted by Gasteiger charge is -2.11. The molecular weight excluding hydrogens is 468 g/mol. The molecule has 0 radical (unpaired) electrons. The first kappa shape index (κ1) is 20.9. The fourth-order valence-corrected chi connectivity index (χ4v) is 5.40. The Balaban J connectivity index is 1.53. The second-order valence-electron chi connectivity index (χ2n) is 9.30. The molecule has 38 heavy (non-hydrogen) atoms. The summed E-state index contributed by atoms with van der Waals surface area (Å²) in [5.74, 6) is 1.83. The Morgan fingerprint density at radius 1 is 0.447 bits per heavy atom. The molecular formula is C33H20N4O. The molecule has 0 saturated heterocycles. The van der Waals surface area contributed by atoms with E-state index in [-0.39, 0.29) is 0 Å². The molecule has 178 valence electrons. The van der Waals surface area contributed by atoms with Gasteiger partial charge in [0.2, 0.25) is 5.95 Å². The number of hydrogen-bond acceptors (Lipinski definition) is 4. The molecule has 5 aromatic carbocycles. The van der Waals surface area contributed by atoms with E-state index in [0.29, 0.717) is 17.6 Å². The van der Waals surface area contributed by atoms with Crippen LogP contribution in [-0.4, -0.2) is 19.5 Å². The van der Waals surface area contributed by atoms with Gasteiger partial charge in [-0.15, -0.1) is 0 Å². The Labute approximate surface area is 217 Å². The molecule has 3 aromatic heterocycles. The van der Waals surface area contributed by atoms with Crippen LogP contribution in [0.4, 0.5) is 0 Å². The van der Waals surface area contributed by atoms with E-state index in [1.165, 1.54) is 0 Å². The molecule has 0 aliphatic carbocycles. The molecule has 0 atom stereocenters. The van der Waals surface area contributed by atoms with E-state index in [1.54, 1.807) is 0 Å². The molecule has 0 spiro atoms. The Bertz CT molecular complexity index is 2070. The van der Waals surface area contributed by atoms with Crippen LogP contribution < -0.4 is 0 Å². The van der Waals surface area contributed by atoms with E-state index in [0.717, 1.165) is 54.9 Å². The maximum Gasteiger partial charge on any atom is 0.238 e. The molecule has 0 unspecified atom stereocenters. The summed E-state index contributed by atoms with van der Waals surface area (Å²) >= 11 is 0. The van der Waals surface area contributed by atoms with Crippen LogP contribution >= 0.6 is 0 Å². The van der Waals surface area contributed by atoms with Gasteiger partial charge in [-0.2, -0.15) is 9.97 Å². The zero-order valence-electron chi connectivity index (χ0n) is 20.2. The van der Waals surface area contributed by atoms with Gasteiger partial charge in [0.05, 0.1) is 16.4 Å². The summed E-state index contributed by atoms with van der Waals surface area (Å²) in [5, 5.41) is 4.38. The minimum atomic E-state index is 0.570. The number of hydrogen-bond donors (Lipinski definition) is 0. The highest BCUT2D eigenvalue weighted by Gasteiger charge is 2.21. The predicted molar refractivity (Wildman–Crippen MR) is 152 cm³/mol. The zero-order chi connectivity index (χ0) is 25.1. The van der Waals surface area contributed by atoms with E-state index < -0.39 is 0 Å². The smallest absolute Gasteiger partial charge is 0.238 e. The molecule has 5 nitrogen and oxygen atoms in total. The van der Waals surface area contributed by atoms with Crippen molar-refractivity contribution in [1.82, 2.24) is 19.5 Å². The van der Waals surface area contributed by atoms with Gasteiger partial charge < -0.3 is 4.42 Å². The lowest BCUT2D eigenvalue weighted by Crippen LogP contribution is -2.06. The van der Waals surface area contributed by atoms with E-state index in [2.05, 4.69) is 41.0 Å². The summed E-state index contributed by atoms with van der Waals surface area (Å²) in [7, 11) is 0. The van der Waals surface area contributed by atoms with Gasteiger partial charge in [0.15, 0.2) is 11.6 Å². The molecule has 0 aliphatic heterocycles. The molecule has 0 N–H and O–H groups in total. The standard InChI is InChI=1S/C33H20N4O/c1-3-11-21(12-4-1)31-34-32(22-13-5-2-6-14-22)36-33(35-31)37-25-17-9-16-24-23-15-7-8-19-27(23)38-28-20-10-18-26(37)30(28)29(24)25/h1-20H. The minimum absolute atomic E-state index is 0.570. The maximum absolute atomic E-state index is 6.49. The van der Waals surface area contributed by atoms with Crippen LogP contribution in [0.2, 0.25) is 0 Å². The van der Waals surface area contributed by atoms with E-state index in [9.17, 15) is 0 Å². The van der Waals surface area contributed by atoms with E-state index in [1.807, 2.05) is 84.9 Å². The van der Waals surface area contributed by atoms with Crippen LogP contribution in [0.3, 0.4) is 0 Å². The van der Waals surface area contributed by atoms with Crippen molar-refractivity contribution in [2.45, 2.75) is 0 Å². The second-order valence-corrected chi connectivity index (χ2v) is 9.30. The third-order valence-corrected chi connectivity index (χ3v) is 7.06. The highest BCUT2D eigenvalue weighted by molar-refractivity contribution is 6.26. The lowest BCUT2D eigenvalue weighted by atomic mass is 10.1. The van der Waals surface area contributed by atoms with Crippen LogP contribution in [0.1, 0.15) is 0 Å². The van der Waals surface area contributed by atoms with Gasteiger partial charge in [0.25, 0.3) is 0 Å². The zero-order valence-corrected chi connectivity index (χ0v) is 20.2. The first-order valence-electron chi connectivity index (χ1n) is 12.6. The first-order valence-corrected chi connectivity index (χ1v) is 12.6. The number of nitrogens with zero attached hydrogens (tertiary/aromatic N) is 4. The molecule has 0 bridgehead atoms. The van der Waals surface area contributed by atoms with E-state index >= 15 is 0 Å². The van der Waals surface area contributed by atoms with Crippen molar-refractivity contribution in [3.05, 3.63) is 121 Å². The van der Waals surface area contributed by atoms with Gasteiger partial charge in [-0.05, 0) is 29.7 Å². The largest absolute Gasteiger partial charge is 0.456 e. The Hall–Kier alpha value is -5.29. The number of benzene rings is 5. The fraction of sp³-hybridized carbons (Fsp3) is 0. The van der Waals surface area contributed by atoms with Crippen molar-refractivity contribution < 1.29 is 4.42 Å². The van der Waals surface area contributed by atoms with Crippen molar-refractivity contribution >= 4 is 43.7 Å². The van der Waals surface area contributed by atoms with Gasteiger partial charge in [0, 0.05) is 21.9 Å². The van der Waals surface area contributed by atoms with Crippen molar-refractivity contribution in [1.29, 1.82) is 0 Å². The average molecular weight is 489 g/mol. The van der Waals surface area contributed by atoms with Crippen molar-refractivity contribution in [2.75, 3.05) is 0 Å².